The Balaban J connectivity index is 1.71. The SMILES string of the molecule is NC(=S)c1ccc(Br)cc1N1CCN(C2CCCC2)CC1. The van der Waals surface area contributed by atoms with E-state index in [1.807, 2.05) is 12.1 Å². The minimum atomic E-state index is 0.482. The third-order valence-electron chi connectivity index (χ3n) is 4.72. The average molecular weight is 368 g/mol. The zero-order valence-electron chi connectivity index (χ0n) is 12.2. The van der Waals surface area contributed by atoms with Crippen molar-refractivity contribution >= 4 is 38.8 Å². The van der Waals surface area contributed by atoms with Gasteiger partial charge in [0.2, 0.25) is 0 Å². The second-order valence-corrected chi connectivity index (χ2v) is 7.34. The maximum atomic E-state index is 5.88. The number of nitrogens with two attached hydrogens (primary N) is 1. The molecule has 1 heterocycles. The second kappa shape index (κ2) is 6.63. The fourth-order valence-corrected chi connectivity index (χ4v) is 4.09. The zero-order chi connectivity index (χ0) is 14.8. The van der Waals surface area contributed by atoms with Crippen molar-refractivity contribution in [2.45, 2.75) is 31.7 Å². The van der Waals surface area contributed by atoms with Gasteiger partial charge in [-0.05, 0) is 31.0 Å². The molecule has 3 nitrogen and oxygen atoms in total. The number of nitrogens with zero attached hydrogens (tertiary/aromatic N) is 2. The maximum Gasteiger partial charge on any atom is 0.106 e. The highest BCUT2D eigenvalue weighted by molar-refractivity contribution is 9.10. The lowest BCUT2D eigenvalue weighted by Crippen LogP contribution is -2.50. The van der Waals surface area contributed by atoms with E-state index in [1.165, 1.54) is 31.4 Å². The standard InChI is InChI=1S/C16H22BrN3S/c17-12-5-6-14(16(18)21)15(11-12)20-9-7-19(8-10-20)13-3-1-2-4-13/h5-6,11,13H,1-4,7-10H2,(H2,18,21). The van der Waals surface area contributed by atoms with Gasteiger partial charge in [0.25, 0.3) is 0 Å². The Morgan fingerprint density at radius 2 is 1.81 bits per heavy atom. The van der Waals surface area contributed by atoms with Crippen LogP contribution in [0.3, 0.4) is 0 Å². The topological polar surface area (TPSA) is 32.5 Å². The third kappa shape index (κ3) is 3.41. The van der Waals surface area contributed by atoms with E-state index in [9.17, 15) is 0 Å². The number of halogens is 1. The van der Waals surface area contributed by atoms with Crippen LogP contribution >= 0.6 is 28.1 Å². The Bertz CT molecular complexity index is 520. The fraction of sp³-hybridized carbons (Fsp3) is 0.562. The number of piperazine rings is 1. The van der Waals surface area contributed by atoms with E-state index >= 15 is 0 Å². The summed E-state index contributed by atoms with van der Waals surface area (Å²) in [4.78, 5) is 5.57. The number of hydrogen-bond acceptors (Lipinski definition) is 3. The molecular formula is C16H22BrN3S. The van der Waals surface area contributed by atoms with Crippen LogP contribution in [0.15, 0.2) is 22.7 Å². The Morgan fingerprint density at radius 1 is 1.14 bits per heavy atom. The molecule has 2 aliphatic rings. The highest BCUT2D eigenvalue weighted by Crippen LogP contribution is 2.29. The number of thiocarbonyl (C=S) groups is 1. The smallest absolute Gasteiger partial charge is 0.106 e. The molecule has 114 valence electrons. The van der Waals surface area contributed by atoms with E-state index in [0.717, 1.165) is 42.3 Å². The van der Waals surface area contributed by atoms with E-state index in [1.54, 1.807) is 0 Å². The Kier molecular flexibility index (Phi) is 4.82. The summed E-state index contributed by atoms with van der Waals surface area (Å²) in [6.45, 7) is 4.41. The highest BCUT2D eigenvalue weighted by atomic mass is 79.9. The molecule has 0 unspecified atom stereocenters. The zero-order valence-corrected chi connectivity index (χ0v) is 14.6. The van der Waals surface area contributed by atoms with Crippen LogP contribution in [0.1, 0.15) is 31.2 Å². The summed E-state index contributed by atoms with van der Waals surface area (Å²) in [5.41, 5.74) is 8.04. The first-order chi connectivity index (χ1) is 10.1. The van der Waals surface area contributed by atoms with E-state index in [0.29, 0.717) is 4.99 Å². The molecular weight excluding hydrogens is 346 g/mol. The summed E-state index contributed by atoms with van der Waals surface area (Å²) in [6.07, 6.45) is 5.58. The monoisotopic (exact) mass is 367 g/mol. The van der Waals surface area contributed by atoms with Crippen molar-refractivity contribution in [1.29, 1.82) is 0 Å². The van der Waals surface area contributed by atoms with E-state index < -0.39 is 0 Å². The van der Waals surface area contributed by atoms with Crippen LogP contribution in [0.4, 0.5) is 5.69 Å². The van der Waals surface area contributed by atoms with E-state index in [2.05, 4.69) is 31.8 Å². The van der Waals surface area contributed by atoms with E-state index in [-0.39, 0.29) is 0 Å². The predicted molar refractivity (Wildman–Crippen MR) is 96.1 cm³/mol. The lowest BCUT2D eigenvalue weighted by Gasteiger charge is -2.39. The van der Waals surface area contributed by atoms with Gasteiger partial charge in [-0.1, -0.05) is 41.0 Å². The lowest BCUT2D eigenvalue weighted by molar-refractivity contribution is 0.187. The third-order valence-corrected chi connectivity index (χ3v) is 5.43. The molecule has 0 amide bonds. The molecule has 2 fully saturated rings. The van der Waals surface area contributed by atoms with Crippen LogP contribution in [-0.2, 0) is 0 Å². The molecule has 5 heteroatoms. The number of benzene rings is 1. The molecule has 3 rings (SSSR count). The fourth-order valence-electron chi connectivity index (χ4n) is 3.57. The van der Waals surface area contributed by atoms with Gasteiger partial charge in [0.15, 0.2) is 0 Å². The summed E-state index contributed by atoms with van der Waals surface area (Å²) in [6, 6.07) is 6.99. The van der Waals surface area contributed by atoms with Gasteiger partial charge in [0.05, 0.1) is 0 Å². The van der Waals surface area contributed by atoms with Gasteiger partial charge in [0.1, 0.15) is 4.99 Å². The lowest BCUT2D eigenvalue weighted by atomic mass is 10.1. The predicted octanol–water partition coefficient (Wildman–Crippen LogP) is 3.15. The first kappa shape index (κ1) is 15.3. The second-order valence-electron chi connectivity index (χ2n) is 5.99. The van der Waals surface area contributed by atoms with Crippen molar-refractivity contribution in [2.24, 2.45) is 5.73 Å². The molecule has 21 heavy (non-hydrogen) atoms. The summed E-state index contributed by atoms with van der Waals surface area (Å²) in [5, 5.41) is 0. The Hall–Kier alpha value is -0.650. The molecule has 0 aromatic heterocycles. The Morgan fingerprint density at radius 3 is 2.43 bits per heavy atom. The minimum absolute atomic E-state index is 0.482. The van der Waals surface area contributed by atoms with Crippen molar-refractivity contribution in [3.05, 3.63) is 28.2 Å². The van der Waals surface area contributed by atoms with Gasteiger partial charge < -0.3 is 10.6 Å². The summed E-state index contributed by atoms with van der Waals surface area (Å²) in [5.74, 6) is 0. The van der Waals surface area contributed by atoms with Crippen LogP contribution in [0.5, 0.6) is 0 Å². The van der Waals surface area contributed by atoms with Gasteiger partial charge in [-0.15, -0.1) is 0 Å². The van der Waals surface area contributed by atoms with Crippen LogP contribution < -0.4 is 10.6 Å². The first-order valence-corrected chi connectivity index (χ1v) is 8.93. The van der Waals surface area contributed by atoms with Crippen LogP contribution in [-0.4, -0.2) is 42.1 Å². The van der Waals surface area contributed by atoms with Crippen molar-refractivity contribution in [2.75, 3.05) is 31.1 Å². The molecule has 1 aromatic carbocycles. The molecule has 2 N–H and O–H groups in total. The van der Waals surface area contributed by atoms with Gasteiger partial charge in [-0.25, -0.2) is 0 Å². The molecule has 0 bridgehead atoms. The number of anilines is 1. The highest BCUT2D eigenvalue weighted by Gasteiger charge is 2.27. The van der Waals surface area contributed by atoms with Crippen LogP contribution in [0, 0.1) is 0 Å². The van der Waals surface area contributed by atoms with Gasteiger partial charge in [-0.2, -0.15) is 0 Å². The van der Waals surface area contributed by atoms with Crippen LogP contribution in [0.25, 0.3) is 0 Å². The van der Waals surface area contributed by atoms with Crippen molar-refractivity contribution in [3.63, 3.8) is 0 Å². The molecule has 0 radical (unpaired) electrons. The molecule has 1 saturated heterocycles. The Labute approximate surface area is 140 Å². The van der Waals surface area contributed by atoms with Crippen molar-refractivity contribution in [1.82, 2.24) is 4.90 Å². The molecule has 0 spiro atoms. The molecule has 1 saturated carbocycles. The minimum Gasteiger partial charge on any atom is -0.389 e. The normalized spacial score (nSPS) is 20.9. The largest absolute Gasteiger partial charge is 0.389 e. The van der Waals surface area contributed by atoms with Gasteiger partial charge >= 0.3 is 0 Å². The molecule has 0 atom stereocenters. The van der Waals surface area contributed by atoms with Crippen molar-refractivity contribution < 1.29 is 0 Å². The first-order valence-electron chi connectivity index (χ1n) is 7.73. The summed E-state index contributed by atoms with van der Waals surface area (Å²) in [7, 11) is 0. The summed E-state index contributed by atoms with van der Waals surface area (Å²) >= 11 is 8.75. The molecule has 1 aliphatic carbocycles. The number of rotatable bonds is 3. The average Bonchev–Trinajstić information content (AvgIpc) is 3.01. The van der Waals surface area contributed by atoms with Gasteiger partial charge in [0, 0.05) is 47.9 Å². The summed E-state index contributed by atoms with van der Waals surface area (Å²) < 4.78 is 1.08. The maximum absolute atomic E-state index is 5.88. The van der Waals surface area contributed by atoms with Crippen molar-refractivity contribution in [3.8, 4) is 0 Å². The molecule has 1 aromatic rings. The quantitative estimate of drug-likeness (QED) is 0.831. The molecule has 1 aliphatic heterocycles. The number of hydrogen-bond donors (Lipinski definition) is 1. The van der Waals surface area contributed by atoms with Gasteiger partial charge in [-0.3, -0.25) is 4.90 Å². The van der Waals surface area contributed by atoms with E-state index in [4.69, 9.17) is 18.0 Å². The van der Waals surface area contributed by atoms with Crippen LogP contribution in [0.2, 0.25) is 0 Å².